The fraction of sp³-hybridized carbons (Fsp3) is 0.333. The monoisotopic (exact) mass is 319 g/mol. The number of pyridine rings is 1. The molecule has 0 aliphatic carbocycles. The molecular weight excluding hydrogens is 302 g/mol. The predicted octanol–water partition coefficient (Wildman–Crippen LogP) is 4.49. The van der Waals surface area contributed by atoms with E-state index < -0.39 is 0 Å². The maximum Gasteiger partial charge on any atom is 0.166 e. The summed E-state index contributed by atoms with van der Waals surface area (Å²) in [6.45, 7) is 2.92. The number of thiophene rings is 1. The van der Waals surface area contributed by atoms with Crippen molar-refractivity contribution in [2.45, 2.75) is 30.7 Å². The third-order valence-corrected chi connectivity index (χ3v) is 4.65. The molecule has 0 aliphatic rings. The predicted molar refractivity (Wildman–Crippen MR) is 88.2 cm³/mol. The van der Waals surface area contributed by atoms with E-state index in [4.69, 9.17) is 4.74 Å². The van der Waals surface area contributed by atoms with Gasteiger partial charge in [-0.2, -0.15) is 0 Å². The first-order valence-electron chi connectivity index (χ1n) is 6.97. The van der Waals surface area contributed by atoms with Gasteiger partial charge >= 0.3 is 0 Å². The number of hydrogen-bond donors (Lipinski definition) is 1. The maximum absolute atomic E-state index is 5.70. The van der Waals surface area contributed by atoms with Crippen LogP contribution < -0.4 is 4.74 Å². The number of thioether (sulfide) groups is 1. The number of rotatable bonds is 7. The molecular formula is C15H17N3OS2. The van der Waals surface area contributed by atoms with Gasteiger partial charge in [-0.25, -0.2) is 4.98 Å². The molecule has 3 aromatic rings. The second-order valence-electron chi connectivity index (χ2n) is 4.69. The molecule has 3 heterocycles. The van der Waals surface area contributed by atoms with Gasteiger partial charge in [-0.05, 0) is 12.5 Å². The Morgan fingerprint density at radius 3 is 3.19 bits per heavy atom. The van der Waals surface area contributed by atoms with Gasteiger partial charge in [-0.1, -0.05) is 25.1 Å². The molecule has 6 heteroatoms. The Morgan fingerprint density at radius 1 is 1.38 bits per heavy atom. The number of hydrogen-bond acceptors (Lipinski definition) is 5. The summed E-state index contributed by atoms with van der Waals surface area (Å²) in [6.07, 6.45) is 4.02. The summed E-state index contributed by atoms with van der Waals surface area (Å²) in [6, 6.07) is 3.92. The lowest BCUT2D eigenvalue weighted by Crippen LogP contribution is -1.97. The van der Waals surface area contributed by atoms with Crippen molar-refractivity contribution in [2.24, 2.45) is 0 Å². The Balaban J connectivity index is 1.59. The van der Waals surface area contributed by atoms with E-state index in [-0.39, 0.29) is 0 Å². The zero-order valence-electron chi connectivity index (χ0n) is 11.8. The van der Waals surface area contributed by atoms with Crippen molar-refractivity contribution in [3.63, 3.8) is 0 Å². The number of nitrogens with one attached hydrogen (secondary N) is 1. The summed E-state index contributed by atoms with van der Waals surface area (Å²) < 4.78 is 5.70. The fourth-order valence-electron chi connectivity index (χ4n) is 1.89. The molecule has 0 amide bonds. The maximum atomic E-state index is 5.70. The van der Waals surface area contributed by atoms with E-state index in [9.17, 15) is 0 Å². The van der Waals surface area contributed by atoms with E-state index in [0.29, 0.717) is 0 Å². The van der Waals surface area contributed by atoms with Crippen LogP contribution in [-0.2, 0) is 5.75 Å². The lowest BCUT2D eigenvalue weighted by atomic mass is 10.3. The molecule has 4 nitrogen and oxygen atoms in total. The van der Waals surface area contributed by atoms with E-state index in [1.807, 2.05) is 12.1 Å². The topological polar surface area (TPSA) is 50.8 Å². The van der Waals surface area contributed by atoms with Crippen molar-refractivity contribution in [2.75, 3.05) is 6.61 Å². The van der Waals surface area contributed by atoms with Gasteiger partial charge in [-0.15, -0.1) is 11.3 Å². The Labute approximate surface area is 132 Å². The van der Waals surface area contributed by atoms with Gasteiger partial charge in [0.05, 0.1) is 17.8 Å². The number of H-pyrrole nitrogens is 1. The number of aromatic amines is 1. The summed E-state index contributed by atoms with van der Waals surface area (Å²) in [5.74, 6) is 1.68. The summed E-state index contributed by atoms with van der Waals surface area (Å²) >= 11 is 3.32. The van der Waals surface area contributed by atoms with Crippen LogP contribution in [0.5, 0.6) is 5.75 Å². The first-order valence-corrected chi connectivity index (χ1v) is 8.90. The van der Waals surface area contributed by atoms with Crippen LogP contribution in [0.3, 0.4) is 0 Å². The molecule has 0 unspecified atom stereocenters. The molecule has 3 aromatic heterocycles. The molecule has 0 radical (unpaired) electrons. The summed E-state index contributed by atoms with van der Waals surface area (Å²) in [7, 11) is 0. The average molecular weight is 319 g/mol. The molecule has 0 bridgehead atoms. The van der Waals surface area contributed by atoms with Crippen LogP contribution in [0.1, 0.15) is 25.5 Å². The van der Waals surface area contributed by atoms with Gasteiger partial charge in [-0.3, -0.25) is 4.98 Å². The van der Waals surface area contributed by atoms with Gasteiger partial charge in [0, 0.05) is 28.8 Å². The minimum Gasteiger partial charge on any atom is -0.493 e. The Kier molecular flexibility index (Phi) is 4.77. The molecule has 0 aromatic carbocycles. The van der Waals surface area contributed by atoms with Crippen LogP contribution in [0, 0.1) is 0 Å². The van der Waals surface area contributed by atoms with Crippen molar-refractivity contribution in [3.8, 4) is 5.75 Å². The van der Waals surface area contributed by atoms with Crippen LogP contribution in [0.4, 0.5) is 0 Å². The summed E-state index contributed by atoms with van der Waals surface area (Å²) in [5.41, 5.74) is 3.15. The van der Waals surface area contributed by atoms with Crippen LogP contribution in [0.2, 0.25) is 0 Å². The standard InChI is InChI=1S/C15H17N3OS2/c1-2-3-6-19-12-4-5-16-11(7-12)8-21-15-17-13-9-20-10-14(13)18-15/h4-5,7,9-10H,2-3,6,8H2,1H3,(H,17,18). The highest BCUT2D eigenvalue weighted by atomic mass is 32.2. The number of fused-ring (bicyclic) bond motifs is 1. The Morgan fingerprint density at radius 2 is 2.33 bits per heavy atom. The third kappa shape index (κ3) is 3.77. The third-order valence-electron chi connectivity index (χ3n) is 3.02. The van der Waals surface area contributed by atoms with E-state index in [1.165, 1.54) is 0 Å². The number of unbranched alkanes of at least 4 members (excludes halogenated alkanes) is 1. The van der Waals surface area contributed by atoms with Crippen molar-refractivity contribution in [1.29, 1.82) is 0 Å². The number of aromatic nitrogens is 3. The first-order chi connectivity index (χ1) is 10.3. The van der Waals surface area contributed by atoms with E-state index in [1.54, 1.807) is 29.3 Å². The van der Waals surface area contributed by atoms with Crippen LogP contribution >= 0.6 is 23.1 Å². The second-order valence-corrected chi connectivity index (χ2v) is 6.39. The molecule has 0 fully saturated rings. The molecule has 0 atom stereocenters. The van der Waals surface area contributed by atoms with Gasteiger partial charge in [0.25, 0.3) is 0 Å². The molecule has 0 spiro atoms. The highest BCUT2D eigenvalue weighted by Crippen LogP contribution is 2.25. The number of ether oxygens (including phenoxy) is 1. The van der Waals surface area contributed by atoms with Crippen molar-refractivity contribution in [1.82, 2.24) is 15.0 Å². The largest absolute Gasteiger partial charge is 0.493 e. The fourth-order valence-corrected chi connectivity index (χ4v) is 3.37. The lowest BCUT2D eigenvalue weighted by Gasteiger charge is -2.06. The average Bonchev–Trinajstić information content (AvgIpc) is 3.07. The zero-order chi connectivity index (χ0) is 14.5. The van der Waals surface area contributed by atoms with E-state index in [2.05, 4.69) is 32.6 Å². The van der Waals surface area contributed by atoms with Crippen LogP contribution in [0.15, 0.2) is 34.2 Å². The molecule has 3 rings (SSSR count). The Bertz CT molecular complexity index is 679. The Hall–Kier alpha value is -1.53. The highest BCUT2D eigenvalue weighted by molar-refractivity contribution is 7.98. The van der Waals surface area contributed by atoms with Crippen molar-refractivity contribution >= 4 is 34.1 Å². The molecule has 110 valence electrons. The van der Waals surface area contributed by atoms with Gasteiger partial charge in [0.2, 0.25) is 0 Å². The quantitative estimate of drug-likeness (QED) is 0.515. The lowest BCUT2D eigenvalue weighted by molar-refractivity contribution is 0.309. The van der Waals surface area contributed by atoms with E-state index in [0.717, 1.165) is 52.8 Å². The van der Waals surface area contributed by atoms with Crippen molar-refractivity contribution in [3.05, 3.63) is 34.8 Å². The molecule has 0 saturated carbocycles. The molecule has 0 aliphatic heterocycles. The van der Waals surface area contributed by atoms with Gasteiger partial charge in [0.15, 0.2) is 5.16 Å². The minimum absolute atomic E-state index is 0.765. The van der Waals surface area contributed by atoms with Gasteiger partial charge in [0.1, 0.15) is 11.3 Å². The minimum atomic E-state index is 0.765. The normalized spacial score (nSPS) is 11.1. The van der Waals surface area contributed by atoms with Gasteiger partial charge < -0.3 is 9.72 Å². The van der Waals surface area contributed by atoms with E-state index >= 15 is 0 Å². The molecule has 1 N–H and O–H groups in total. The SMILES string of the molecule is CCCCOc1ccnc(CSc2nc3cscc3[nH]2)c1. The summed E-state index contributed by atoms with van der Waals surface area (Å²) in [4.78, 5) is 12.2. The first kappa shape index (κ1) is 14.4. The van der Waals surface area contributed by atoms with Crippen LogP contribution in [-0.4, -0.2) is 21.6 Å². The number of imidazole rings is 1. The number of nitrogens with zero attached hydrogens (tertiary/aromatic N) is 2. The molecule has 21 heavy (non-hydrogen) atoms. The second kappa shape index (κ2) is 6.95. The van der Waals surface area contributed by atoms with Crippen molar-refractivity contribution < 1.29 is 4.74 Å². The summed E-state index contributed by atoms with van der Waals surface area (Å²) in [5, 5.41) is 5.07. The molecule has 0 saturated heterocycles. The van der Waals surface area contributed by atoms with Crippen LogP contribution in [0.25, 0.3) is 11.0 Å². The smallest absolute Gasteiger partial charge is 0.166 e. The highest BCUT2D eigenvalue weighted by Gasteiger charge is 2.05. The zero-order valence-corrected chi connectivity index (χ0v) is 13.5.